The maximum Gasteiger partial charge on any atom is 0.245 e. The quantitative estimate of drug-likeness (QED) is 0.794. The van der Waals surface area contributed by atoms with E-state index in [-0.39, 0.29) is 29.7 Å². The van der Waals surface area contributed by atoms with E-state index in [1.807, 2.05) is 0 Å². The van der Waals surface area contributed by atoms with Crippen LogP contribution in [0.3, 0.4) is 0 Å². The van der Waals surface area contributed by atoms with Crippen LogP contribution in [0.25, 0.3) is 0 Å². The second kappa shape index (κ2) is 6.45. The number of hydrogen-bond acceptors (Lipinski definition) is 3. The average molecular weight is 297 g/mol. The second-order valence-electron chi connectivity index (χ2n) is 6.72. The van der Waals surface area contributed by atoms with E-state index in [1.54, 1.807) is 25.7 Å². The molecule has 1 heterocycles. The van der Waals surface area contributed by atoms with E-state index < -0.39 is 5.54 Å². The van der Waals surface area contributed by atoms with E-state index in [0.717, 1.165) is 0 Å². The van der Waals surface area contributed by atoms with Crippen molar-refractivity contribution < 1.29 is 14.4 Å². The minimum absolute atomic E-state index is 0.0264. The third-order valence-electron chi connectivity index (χ3n) is 4.04. The summed E-state index contributed by atoms with van der Waals surface area (Å²) in [6, 6.07) is -0.0746. The van der Waals surface area contributed by atoms with Gasteiger partial charge in [-0.1, -0.05) is 13.8 Å². The molecule has 2 N–H and O–H groups in total. The van der Waals surface area contributed by atoms with E-state index >= 15 is 0 Å². The summed E-state index contributed by atoms with van der Waals surface area (Å²) in [4.78, 5) is 36.9. The number of carbonyl (C=O) groups is 3. The lowest BCUT2D eigenvalue weighted by Crippen LogP contribution is -2.57. The van der Waals surface area contributed by atoms with Crippen LogP contribution in [0.5, 0.6) is 0 Å². The molecule has 0 aromatic rings. The molecule has 0 saturated carbocycles. The zero-order valence-corrected chi connectivity index (χ0v) is 13.8. The summed E-state index contributed by atoms with van der Waals surface area (Å²) in [6.07, 6.45) is 0. The van der Waals surface area contributed by atoms with Gasteiger partial charge in [-0.05, 0) is 19.8 Å². The maximum absolute atomic E-state index is 12.4. The first-order valence-corrected chi connectivity index (χ1v) is 7.39. The molecule has 0 bridgehead atoms. The SMILES string of the molecule is CC(=O)NC(C)(C)C(=O)N[C@H]1CN(C(C)=O)C[C@@H]1C(C)C. The highest BCUT2D eigenvalue weighted by molar-refractivity contribution is 5.90. The first kappa shape index (κ1) is 17.5. The molecule has 0 aliphatic carbocycles. The van der Waals surface area contributed by atoms with Crippen molar-refractivity contribution in [3.05, 3.63) is 0 Å². The van der Waals surface area contributed by atoms with Crippen LogP contribution in [-0.2, 0) is 14.4 Å². The summed E-state index contributed by atoms with van der Waals surface area (Å²) >= 11 is 0. The van der Waals surface area contributed by atoms with Crippen LogP contribution in [-0.4, -0.2) is 47.3 Å². The molecular formula is C15H27N3O3. The Labute approximate surface area is 126 Å². The third-order valence-corrected chi connectivity index (χ3v) is 4.04. The van der Waals surface area contributed by atoms with Crippen molar-refractivity contribution in [2.24, 2.45) is 11.8 Å². The largest absolute Gasteiger partial charge is 0.349 e. The van der Waals surface area contributed by atoms with Crippen molar-refractivity contribution in [3.8, 4) is 0 Å². The van der Waals surface area contributed by atoms with E-state index in [2.05, 4.69) is 24.5 Å². The lowest BCUT2D eigenvalue weighted by Gasteiger charge is -2.29. The topological polar surface area (TPSA) is 78.5 Å². The molecular weight excluding hydrogens is 270 g/mol. The Morgan fingerprint density at radius 2 is 1.71 bits per heavy atom. The highest BCUT2D eigenvalue weighted by Gasteiger charge is 2.39. The van der Waals surface area contributed by atoms with Gasteiger partial charge in [0.05, 0.1) is 6.04 Å². The van der Waals surface area contributed by atoms with Crippen molar-refractivity contribution in [3.63, 3.8) is 0 Å². The molecule has 2 atom stereocenters. The lowest BCUT2D eigenvalue weighted by molar-refractivity contribution is -0.132. The van der Waals surface area contributed by atoms with Crippen LogP contribution in [0, 0.1) is 11.8 Å². The molecule has 120 valence electrons. The Balaban J connectivity index is 2.77. The molecule has 1 saturated heterocycles. The number of nitrogens with zero attached hydrogens (tertiary/aromatic N) is 1. The van der Waals surface area contributed by atoms with Crippen molar-refractivity contribution in [2.45, 2.75) is 53.1 Å². The number of rotatable bonds is 4. The first-order valence-electron chi connectivity index (χ1n) is 7.39. The molecule has 0 aromatic carbocycles. The van der Waals surface area contributed by atoms with Crippen LogP contribution in [0.1, 0.15) is 41.5 Å². The Kier molecular flexibility index (Phi) is 5.36. The van der Waals surface area contributed by atoms with Gasteiger partial charge in [-0.25, -0.2) is 0 Å². The Morgan fingerprint density at radius 1 is 1.14 bits per heavy atom. The van der Waals surface area contributed by atoms with Gasteiger partial charge in [-0.2, -0.15) is 0 Å². The summed E-state index contributed by atoms with van der Waals surface area (Å²) in [5.41, 5.74) is -0.961. The van der Waals surface area contributed by atoms with E-state index in [4.69, 9.17) is 0 Å². The number of amides is 3. The highest BCUT2D eigenvalue weighted by atomic mass is 16.2. The average Bonchev–Trinajstić information content (AvgIpc) is 2.71. The fraction of sp³-hybridized carbons (Fsp3) is 0.800. The molecule has 0 radical (unpaired) electrons. The monoisotopic (exact) mass is 297 g/mol. The maximum atomic E-state index is 12.4. The van der Waals surface area contributed by atoms with E-state index in [0.29, 0.717) is 19.0 Å². The molecule has 0 spiro atoms. The van der Waals surface area contributed by atoms with Gasteiger partial charge in [0.2, 0.25) is 17.7 Å². The van der Waals surface area contributed by atoms with Gasteiger partial charge in [0.25, 0.3) is 0 Å². The standard InChI is InChI=1S/C15H27N3O3/c1-9(2)12-7-18(11(4)20)8-13(12)16-14(21)15(5,6)17-10(3)19/h9,12-13H,7-8H2,1-6H3,(H,16,21)(H,17,19)/t12-,13+/m1/s1. The van der Waals surface area contributed by atoms with Crippen molar-refractivity contribution >= 4 is 17.7 Å². The fourth-order valence-corrected chi connectivity index (χ4v) is 2.76. The van der Waals surface area contributed by atoms with Gasteiger partial charge in [0.1, 0.15) is 5.54 Å². The van der Waals surface area contributed by atoms with Gasteiger partial charge < -0.3 is 15.5 Å². The molecule has 0 unspecified atom stereocenters. The number of likely N-dealkylation sites (tertiary alicyclic amines) is 1. The first-order chi connectivity index (χ1) is 9.54. The zero-order chi connectivity index (χ0) is 16.4. The van der Waals surface area contributed by atoms with Gasteiger partial charge in [0.15, 0.2) is 0 Å². The summed E-state index contributed by atoms with van der Waals surface area (Å²) in [7, 11) is 0. The predicted octanol–water partition coefficient (Wildman–Crippen LogP) is 0.520. The number of hydrogen-bond donors (Lipinski definition) is 2. The van der Waals surface area contributed by atoms with Crippen LogP contribution in [0.15, 0.2) is 0 Å². The zero-order valence-electron chi connectivity index (χ0n) is 13.8. The van der Waals surface area contributed by atoms with Crippen molar-refractivity contribution in [2.75, 3.05) is 13.1 Å². The van der Waals surface area contributed by atoms with Crippen LogP contribution >= 0.6 is 0 Å². The lowest BCUT2D eigenvalue weighted by atomic mass is 9.90. The molecule has 3 amide bonds. The summed E-state index contributed by atoms with van der Waals surface area (Å²) < 4.78 is 0. The minimum Gasteiger partial charge on any atom is -0.349 e. The molecule has 1 aliphatic rings. The van der Waals surface area contributed by atoms with Crippen molar-refractivity contribution in [1.29, 1.82) is 0 Å². The predicted molar refractivity (Wildman–Crippen MR) is 80.4 cm³/mol. The third kappa shape index (κ3) is 4.44. The molecule has 1 fully saturated rings. The molecule has 6 nitrogen and oxygen atoms in total. The van der Waals surface area contributed by atoms with Gasteiger partial charge >= 0.3 is 0 Å². The summed E-state index contributed by atoms with van der Waals surface area (Å²) in [5, 5.41) is 5.63. The molecule has 1 aliphatic heterocycles. The second-order valence-corrected chi connectivity index (χ2v) is 6.72. The smallest absolute Gasteiger partial charge is 0.245 e. The van der Waals surface area contributed by atoms with Gasteiger partial charge in [-0.3, -0.25) is 14.4 Å². The van der Waals surface area contributed by atoms with Gasteiger partial charge in [0, 0.05) is 32.9 Å². The fourth-order valence-electron chi connectivity index (χ4n) is 2.76. The highest BCUT2D eigenvalue weighted by Crippen LogP contribution is 2.25. The molecule has 6 heteroatoms. The summed E-state index contributed by atoms with van der Waals surface area (Å²) in [6.45, 7) is 11.6. The Bertz CT molecular complexity index is 432. The molecule has 1 rings (SSSR count). The minimum atomic E-state index is -0.961. The Morgan fingerprint density at radius 3 is 2.14 bits per heavy atom. The van der Waals surface area contributed by atoms with Gasteiger partial charge in [-0.15, -0.1) is 0 Å². The molecule has 21 heavy (non-hydrogen) atoms. The normalized spacial score (nSPS) is 22.3. The molecule has 0 aromatic heterocycles. The number of nitrogens with one attached hydrogen (secondary N) is 2. The van der Waals surface area contributed by atoms with Crippen molar-refractivity contribution in [1.82, 2.24) is 15.5 Å². The van der Waals surface area contributed by atoms with Crippen LogP contribution in [0.2, 0.25) is 0 Å². The number of carbonyl (C=O) groups excluding carboxylic acids is 3. The summed E-state index contributed by atoms with van der Waals surface area (Å²) in [5.74, 6) is 0.152. The Hall–Kier alpha value is -1.59. The van der Waals surface area contributed by atoms with Crippen LogP contribution in [0.4, 0.5) is 0 Å². The van der Waals surface area contributed by atoms with E-state index in [9.17, 15) is 14.4 Å². The van der Waals surface area contributed by atoms with Crippen LogP contribution < -0.4 is 10.6 Å². The van der Waals surface area contributed by atoms with E-state index in [1.165, 1.54) is 6.92 Å².